The highest BCUT2D eigenvalue weighted by Gasteiger charge is 2.04. The van der Waals surface area contributed by atoms with E-state index in [9.17, 15) is 9.18 Å². The molecule has 0 amide bonds. The van der Waals surface area contributed by atoms with Gasteiger partial charge in [-0.2, -0.15) is 5.26 Å². The van der Waals surface area contributed by atoms with E-state index in [2.05, 4.69) is 4.98 Å². The van der Waals surface area contributed by atoms with Crippen LogP contribution in [0.3, 0.4) is 0 Å². The maximum absolute atomic E-state index is 13.2. The lowest BCUT2D eigenvalue weighted by Crippen LogP contribution is -2.09. The minimum absolute atomic E-state index is 0.0809. The number of benzene rings is 1. The predicted octanol–water partition coefficient (Wildman–Crippen LogP) is 1.54. The Kier molecular flexibility index (Phi) is 1.79. The van der Waals surface area contributed by atoms with Gasteiger partial charge >= 0.3 is 0 Å². The molecule has 0 saturated carbocycles. The molecular weight excluding hydrogens is 183 g/mol. The monoisotopic (exact) mass is 188 g/mol. The molecule has 0 bridgehead atoms. The van der Waals surface area contributed by atoms with Gasteiger partial charge in [-0.1, -0.05) is 6.07 Å². The zero-order valence-electron chi connectivity index (χ0n) is 7.04. The smallest absolute Gasteiger partial charge is 0.266 e. The molecule has 2 rings (SSSR count). The number of pyridine rings is 1. The van der Waals surface area contributed by atoms with Crippen molar-refractivity contribution in [3.63, 3.8) is 0 Å². The van der Waals surface area contributed by atoms with Crippen LogP contribution in [0, 0.1) is 17.1 Å². The summed E-state index contributed by atoms with van der Waals surface area (Å²) in [5.74, 6) is -0.449. The van der Waals surface area contributed by atoms with Crippen LogP contribution in [-0.2, 0) is 0 Å². The molecule has 14 heavy (non-hydrogen) atoms. The Morgan fingerprint density at radius 1 is 1.43 bits per heavy atom. The van der Waals surface area contributed by atoms with Gasteiger partial charge in [-0.25, -0.2) is 4.39 Å². The lowest BCUT2D eigenvalue weighted by Gasteiger charge is -1.98. The van der Waals surface area contributed by atoms with Gasteiger partial charge in [-0.15, -0.1) is 0 Å². The molecule has 1 N–H and O–H groups in total. The first-order chi connectivity index (χ1) is 6.72. The number of hydrogen-bond acceptors (Lipinski definition) is 2. The minimum Gasteiger partial charge on any atom is -0.321 e. The van der Waals surface area contributed by atoms with Crippen molar-refractivity contribution in [1.82, 2.24) is 4.98 Å². The molecule has 1 heterocycles. The number of aromatic nitrogens is 1. The first kappa shape index (κ1) is 8.45. The van der Waals surface area contributed by atoms with Gasteiger partial charge in [0.2, 0.25) is 0 Å². The molecule has 0 radical (unpaired) electrons. The van der Waals surface area contributed by atoms with Gasteiger partial charge in [0, 0.05) is 5.39 Å². The lowest BCUT2D eigenvalue weighted by atomic mass is 10.1. The number of rotatable bonds is 0. The van der Waals surface area contributed by atoms with E-state index in [0.717, 1.165) is 0 Å². The van der Waals surface area contributed by atoms with Crippen LogP contribution in [0.5, 0.6) is 0 Å². The van der Waals surface area contributed by atoms with Crippen LogP contribution < -0.4 is 5.56 Å². The van der Waals surface area contributed by atoms with E-state index in [4.69, 9.17) is 5.26 Å². The highest BCUT2D eigenvalue weighted by atomic mass is 19.1. The molecule has 0 aliphatic heterocycles. The predicted molar refractivity (Wildman–Crippen MR) is 49.2 cm³/mol. The van der Waals surface area contributed by atoms with E-state index in [0.29, 0.717) is 5.52 Å². The first-order valence-corrected chi connectivity index (χ1v) is 3.94. The molecular formula is C10H5FN2O. The molecule has 0 atom stereocenters. The highest BCUT2D eigenvalue weighted by molar-refractivity contribution is 5.80. The molecule has 0 saturated heterocycles. The number of fused-ring (bicyclic) bond motifs is 1. The summed E-state index contributed by atoms with van der Waals surface area (Å²) in [7, 11) is 0. The van der Waals surface area contributed by atoms with Crippen LogP contribution >= 0.6 is 0 Å². The van der Waals surface area contributed by atoms with Crippen molar-refractivity contribution in [2.24, 2.45) is 0 Å². The fourth-order valence-corrected chi connectivity index (χ4v) is 1.28. The third-order valence-electron chi connectivity index (χ3n) is 1.95. The molecule has 0 aliphatic carbocycles. The second-order valence-corrected chi connectivity index (χ2v) is 2.83. The van der Waals surface area contributed by atoms with Crippen LogP contribution in [0.15, 0.2) is 29.1 Å². The highest BCUT2D eigenvalue weighted by Crippen LogP contribution is 2.14. The Balaban J connectivity index is 2.96. The summed E-state index contributed by atoms with van der Waals surface area (Å²) in [4.78, 5) is 13.6. The minimum atomic E-state index is -0.495. The Morgan fingerprint density at radius 3 is 2.93 bits per heavy atom. The number of nitrogens with zero attached hydrogens (tertiary/aromatic N) is 1. The first-order valence-electron chi connectivity index (χ1n) is 3.94. The van der Waals surface area contributed by atoms with E-state index >= 15 is 0 Å². The molecule has 0 fully saturated rings. The van der Waals surface area contributed by atoms with Crippen LogP contribution in [0.2, 0.25) is 0 Å². The number of H-pyrrole nitrogens is 1. The average molecular weight is 188 g/mol. The molecule has 68 valence electrons. The van der Waals surface area contributed by atoms with Gasteiger partial charge in [-0.05, 0) is 18.2 Å². The van der Waals surface area contributed by atoms with Crippen molar-refractivity contribution >= 4 is 10.9 Å². The summed E-state index contributed by atoms with van der Waals surface area (Å²) in [5, 5.41) is 8.83. The van der Waals surface area contributed by atoms with Crippen molar-refractivity contribution in [3.05, 3.63) is 46.0 Å². The lowest BCUT2D eigenvalue weighted by molar-refractivity contribution is 0.639. The number of aromatic amines is 1. The number of nitrogens with one attached hydrogen (secondary N) is 1. The molecule has 1 aromatic heterocycles. The van der Waals surface area contributed by atoms with E-state index < -0.39 is 11.4 Å². The average Bonchev–Trinajstić information content (AvgIpc) is 2.17. The van der Waals surface area contributed by atoms with Gasteiger partial charge in [-0.3, -0.25) is 4.79 Å². The molecule has 0 unspecified atom stereocenters. The van der Waals surface area contributed by atoms with Crippen LogP contribution in [0.1, 0.15) is 5.56 Å². The zero-order valence-corrected chi connectivity index (χ0v) is 7.04. The number of hydrogen-bond donors (Lipinski definition) is 1. The quantitative estimate of drug-likeness (QED) is 0.681. The van der Waals surface area contributed by atoms with Crippen molar-refractivity contribution in [2.75, 3.05) is 0 Å². The third kappa shape index (κ3) is 1.15. The Morgan fingerprint density at radius 2 is 2.21 bits per heavy atom. The summed E-state index contributed by atoms with van der Waals surface area (Å²) in [6.45, 7) is 0. The number of halogens is 1. The standard InChI is InChI=1S/C10H5FN2O/c11-8-2-1-3-9-7(8)4-6(5-12)10(14)13-9/h1-4H,(H,13,14). The number of nitriles is 1. The maximum Gasteiger partial charge on any atom is 0.266 e. The summed E-state index contributed by atoms with van der Waals surface area (Å²) in [5.41, 5.74) is -0.179. The topological polar surface area (TPSA) is 56.6 Å². The Bertz CT molecular complexity index is 595. The SMILES string of the molecule is N#Cc1cc2c(F)cccc2[nH]c1=O. The Labute approximate surface area is 78.4 Å². The summed E-state index contributed by atoms with van der Waals surface area (Å²) in [6.07, 6.45) is 0. The molecule has 3 nitrogen and oxygen atoms in total. The van der Waals surface area contributed by atoms with Crippen molar-refractivity contribution < 1.29 is 4.39 Å². The van der Waals surface area contributed by atoms with Gasteiger partial charge in [0.1, 0.15) is 17.4 Å². The van der Waals surface area contributed by atoms with Crippen LogP contribution in [-0.4, -0.2) is 4.98 Å². The normalized spacial score (nSPS) is 10.0. The van der Waals surface area contributed by atoms with E-state index in [1.54, 1.807) is 12.1 Å². The molecule has 1 aromatic carbocycles. The van der Waals surface area contributed by atoms with Crippen LogP contribution in [0.25, 0.3) is 10.9 Å². The van der Waals surface area contributed by atoms with Crippen molar-refractivity contribution in [3.8, 4) is 6.07 Å². The van der Waals surface area contributed by atoms with E-state index in [1.165, 1.54) is 18.2 Å². The summed E-state index contributed by atoms with van der Waals surface area (Å²) < 4.78 is 13.2. The van der Waals surface area contributed by atoms with Crippen molar-refractivity contribution in [1.29, 1.82) is 5.26 Å². The molecule has 0 spiro atoms. The largest absolute Gasteiger partial charge is 0.321 e. The fourth-order valence-electron chi connectivity index (χ4n) is 1.28. The molecule has 0 aliphatic rings. The maximum atomic E-state index is 13.2. The molecule has 2 aromatic rings. The van der Waals surface area contributed by atoms with Gasteiger partial charge in [0.15, 0.2) is 0 Å². The van der Waals surface area contributed by atoms with Crippen LogP contribution in [0.4, 0.5) is 4.39 Å². The summed E-state index contributed by atoms with van der Waals surface area (Å²) >= 11 is 0. The third-order valence-corrected chi connectivity index (χ3v) is 1.95. The summed E-state index contributed by atoms with van der Waals surface area (Å²) in [6, 6.07) is 7.32. The van der Waals surface area contributed by atoms with Crippen molar-refractivity contribution in [2.45, 2.75) is 0 Å². The van der Waals surface area contributed by atoms with Gasteiger partial charge < -0.3 is 4.98 Å². The van der Waals surface area contributed by atoms with E-state index in [-0.39, 0.29) is 10.9 Å². The zero-order chi connectivity index (χ0) is 10.1. The van der Waals surface area contributed by atoms with Gasteiger partial charge in [0.05, 0.1) is 5.52 Å². The second kappa shape index (κ2) is 2.96. The molecule has 4 heteroatoms. The van der Waals surface area contributed by atoms with E-state index in [1.807, 2.05) is 0 Å². The Hall–Kier alpha value is -2.15. The van der Waals surface area contributed by atoms with Gasteiger partial charge in [0.25, 0.3) is 5.56 Å². The second-order valence-electron chi connectivity index (χ2n) is 2.83. The fraction of sp³-hybridized carbons (Fsp3) is 0.